The minimum Gasteiger partial charge on any atom is -0.392 e. The van der Waals surface area contributed by atoms with Crippen LogP contribution in [-0.4, -0.2) is 30.0 Å². The van der Waals surface area contributed by atoms with Crippen LogP contribution in [0.25, 0.3) is 0 Å². The van der Waals surface area contributed by atoms with Crippen LogP contribution in [0.1, 0.15) is 20.3 Å². The molecule has 2 N–H and O–H groups in total. The van der Waals surface area contributed by atoms with Gasteiger partial charge < -0.3 is 10.4 Å². The molecule has 0 spiro atoms. The van der Waals surface area contributed by atoms with Crippen LogP contribution in [0.4, 0.5) is 13.2 Å². The highest BCUT2D eigenvalue weighted by Gasteiger charge is 2.47. The maximum atomic E-state index is 11.8. The van der Waals surface area contributed by atoms with Gasteiger partial charge in [0.25, 0.3) is 0 Å². The molecule has 13 heavy (non-hydrogen) atoms. The number of hydrogen-bond acceptors (Lipinski definition) is 2. The van der Waals surface area contributed by atoms with Crippen molar-refractivity contribution >= 4 is 0 Å². The number of rotatable bonds is 2. The molecular formula is C8H14F3NO. The molecule has 1 aliphatic rings. The Bertz CT molecular complexity index is 190. The summed E-state index contributed by atoms with van der Waals surface area (Å²) in [6.45, 7) is 2.54. The average Bonchev–Trinajstić information content (AvgIpc) is 1.95. The van der Waals surface area contributed by atoms with Crippen LogP contribution in [0.3, 0.4) is 0 Å². The molecule has 0 aliphatic heterocycles. The first-order valence-electron chi connectivity index (χ1n) is 4.21. The monoisotopic (exact) mass is 197 g/mol. The quantitative estimate of drug-likeness (QED) is 0.699. The molecule has 0 aromatic carbocycles. The largest absolute Gasteiger partial charge is 0.401 e. The summed E-state index contributed by atoms with van der Waals surface area (Å²) in [5.41, 5.74) is -0.439. The molecule has 0 aromatic rings. The van der Waals surface area contributed by atoms with E-state index in [0.29, 0.717) is 6.42 Å². The van der Waals surface area contributed by atoms with Gasteiger partial charge in [0.2, 0.25) is 0 Å². The SMILES string of the molecule is CC1(C)C(O)CC1NCC(F)(F)F. The lowest BCUT2D eigenvalue weighted by Crippen LogP contribution is -2.61. The summed E-state index contributed by atoms with van der Waals surface area (Å²) < 4.78 is 35.4. The number of aliphatic hydroxyl groups is 1. The van der Waals surface area contributed by atoms with Crippen molar-refractivity contribution in [1.29, 1.82) is 0 Å². The fraction of sp³-hybridized carbons (Fsp3) is 1.00. The summed E-state index contributed by atoms with van der Waals surface area (Å²) in [5.74, 6) is 0. The Kier molecular flexibility index (Phi) is 2.60. The van der Waals surface area contributed by atoms with Gasteiger partial charge in [-0.3, -0.25) is 0 Å². The number of alkyl halides is 3. The first kappa shape index (κ1) is 10.8. The Morgan fingerprint density at radius 3 is 2.31 bits per heavy atom. The molecule has 1 saturated carbocycles. The fourth-order valence-corrected chi connectivity index (χ4v) is 1.49. The Morgan fingerprint density at radius 1 is 1.46 bits per heavy atom. The van der Waals surface area contributed by atoms with Crippen molar-refractivity contribution in [3.05, 3.63) is 0 Å². The van der Waals surface area contributed by atoms with E-state index in [-0.39, 0.29) is 6.04 Å². The number of aliphatic hydroxyl groups excluding tert-OH is 1. The lowest BCUT2D eigenvalue weighted by molar-refractivity contribution is -0.139. The molecular weight excluding hydrogens is 183 g/mol. The molecule has 2 nitrogen and oxygen atoms in total. The van der Waals surface area contributed by atoms with E-state index in [0.717, 1.165) is 0 Å². The molecule has 2 atom stereocenters. The molecule has 0 heterocycles. The van der Waals surface area contributed by atoms with E-state index in [1.165, 1.54) is 0 Å². The van der Waals surface area contributed by atoms with Crippen LogP contribution in [0.5, 0.6) is 0 Å². The van der Waals surface area contributed by atoms with Crippen molar-refractivity contribution in [1.82, 2.24) is 5.32 Å². The number of halogens is 3. The predicted octanol–water partition coefficient (Wildman–Crippen LogP) is 1.30. The smallest absolute Gasteiger partial charge is 0.392 e. The van der Waals surface area contributed by atoms with Gasteiger partial charge in [-0.25, -0.2) is 0 Å². The predicted molar refractivity (Wildman–Crippen MR) is 42.3 cm³/mol. The first-order valence-corrected chi connectivity index (χ1v) is 4.21. The molecule has 1 fully saturated rings. The summed E-state index contributed by atoms with van der Waals surface area (Å²) in [6.07, 6.45) is -4.25. The van der Waals surface area contributed by atoms with Gasteiger partial charge in [0, 0.05) is 11.5 Å². The number of nitrogens with one attached hydrogen (secondary N) is 1. The summed E-state index contributed by atoms with van der Waals surface area (Å²) in [5, 5.41) is 11.6. The van der Waals surface area contributed by atoms with Crippen LogP contribution in [0.2, 0.25) is 0 Å². The maximum absolute atomic E-state index is 11.8. The van der Waals surface area contributed by atoms with Gasteiger partial charge in [0.1, 0.15) is 0 Å². The van der Waals surface area contributed by atoms with Crippen LogP contribution in [0.15, 0.2) is 0 Å². The molecule has 0 amide bonds. The van der Waals surface area contributed by atoms with Gasteiger partial charge in [-0.2, -0.15) is 13.2 Å². The average molecular weight is 197 g/mol. The van der Waals surface area contributed by atoms with Crippen molar-refractivity contribution in [3.63, 3.8) is 0 Å². The summed E-state index contributed by atoms with van der Waals surface area (Å²) in [4.78, 5) is 0. The molecule has 0 aromatic heterocycles. The lowest BCUT2D eigenvalue weighted by Gasteiger charge is -2.49. The molecule has 0 radical (unpaired) electrons. The molecule has 0 saturated heterocycles. The molecule has 5 heteroatoms. The van der Waals surface area contributed by atoms with E-state index in [2.05, 4.69) is 5.32 Å². The van der Waals surface area contributed by atoms with Gasteiger partial charge in [0.05, 0.1) is 12.6 Å². The van der Waals surface area contributed by atoms with Gasteiger partial charge in [0.15, 0.2) is 0 Å². The Labute approximate surface area is 75.1 Å². The number of hydrogen-bond donors (Lipinski definition) is 2. The summed E-state index contributed by atoms with van der Waals surface area (Å²) >= 11 is 0. The highest BCUT2D eigenvalue weighted by Crippen LogP contribution is 2.40. The van der Waals surface area contributed by atoms with Crippen molar-refractivity contribution < 1.29 is 18.3 Å². The van der Waals surface area contributed by atoms with Crippen LogP contribution in [0, 0.1) is 5.41 Å². The van der Waals surface area contributed by atoms with Gasteiger partial charge in [-0.15, -0.1) is 0 Å². The second-order valence-corrected chi connectivity index (χ2v) is 4.12. The molecule has 78 valence electrons. The molecule has 0 bridgehead atoms. The lowest BCUT2D eigenvalue weighted by atomic mass is 9.64. The fourth-order valence-electron chi connectivity index (χ4n) is 1.49. The van der Waals surface area contributed by atoms with Crippen LogP contribution < -0.4 is 5.32 Å². The van der Waals surface area contributed by atoms with Crippen LogP contribution in [-0.2, 0) is 0 Å². The minimum atomic E-state index is -4.17. The van der Waals surface area contributed by atoms with Crippen molar-refractivity contribution in [2.45, 2.75) is 38.6 Å². The highest BCUT2D eigenvalue weighted by molar-refractivity contribution is 5.01. The van der Waals surface area contributed by atoms with Crippen LogP contribution >= 0.6 is 0 Å². The first-order chi connectivity index (χ1) is 5.73. The van der Waals surface area contributed by atoms with Crippen molar-refractivity contribution in [2.24, 2.45) is 5.41 Å². The third kappa shape index (κ3) is 2.34. The van der Waals surface area contributed by atoms with E-state index in [4.69, 9.17) is 0 Å². The van der Waals surface area contributed by atoms with E-state index in [1.54, 1.807) is 13.8 Å². The van der Waals surface area contributed by atoms with E-state index >= 15 is 0 Å². The minimum absolute atomic E-state index is 0.232. The highest BCUT2D eigenvalue weighted by atomic mass is 19.4. The topological polar surface area (TPSA) is 32.3 Å². The Morgan fingerprint density at radius 2 is 2.00 bits per heavy atom. The molecule has 2 unspecified atom stereocenters. The Hall–Kier alpha value is -0.290. The summed E-state index contributed by atoms with van der Waals surface area (Å²) in [7, 11) is 0. The van der Waals surface area contributed by atoms with Crippen molar-refractivity contribution in [3.8, 4) is 0 Å². The standard InChI is InChI=1S/C8H14F3NO/c1-7(2)5(3-6(7)13)12-4-8(9,10)11/h5-6,12-13H,3-4H2,1-2H3. The second kappa shape index (κ2) is 3.13. The zero-order chi connectivity index (χ0) is 10.3. The zero-order valence-electron chi connectivity index (χ0n) is 7.65. The summed E-state index contributed by atoms with van der Waals surface area (Å²) in [6, 6.07) is -0.232. The van der Waals surface area contributed by atoms with E-state index in [9.17, 15) is 18.3 Å². The van der Waals surface area contributed by atoms with E-state index in [1.807, 2.05) is 0 Å². The van der Waals surface area contributed by atoms with Crippen molar-refractivity contribution in [2.75, 3.05) is 6.54 Å². The Balaban J connectivity index is 2.33. The molecule has 1 aliphatic carbocycles. The van der Waals surface area contributed by atoms with E-state index < -0.39 is 24.2 Å². The molecule has 1 rings (SSSR count). The van der Waals surface area contributed by atoms with Gasteiger partial charge in [-0.1, -0.05) is 13.8 Å². The normalized spacial score (nSPS) is 32.8. The third-order valence-electron chi connectivity index (χ3n) is 2.76. The zero-order valence-corrected chi connectivity index (χ0v) is 7.65. The third-order valence-corrected chi connectivity index (χ3v) is 2.76. The maximum Gasteiger partial charge on any atom is 0.401 e. The van der Waals surface area contributed by atoms with Gasteiger partial charge >= 0.3 is 6.18 Å². The van der Waals surface area contributed by atoms with Gasteiger partial charge in [-0.05, 0) is 6.42 Å². The second-order valence-electron chi connectivity index (χ2n) is 4.12.